The minimum atomic E-state index is -0.918. The predicted molar refractivity (Wildman–Crippen MR) is 49.1 cm³/mol. The standard InChI is InChI=1S/C9H8O2S/c10-9(11)6-7-12-8-4-2-1-3-5-8/h1-7H,(H,10,11)/b7-6+. The fourth-order valence-electron chi connectivity index (χ4n) is 0.670. The predicted octanol–water partition coefficient (Wildman–Crippen LogP) is 2.38. The molecule has 1 N–H and O–H groups in total. The van der Waals surface area contributed by atoms with Crippen LogP contribution in [0, 0.1) is 0 Å². The summed E-state index contributed by atoms with van der Waals surface area (Å²) in [5.41, 5.74) is 0. The molecule has 1 aromatic rings. The van der Waals surface area contributed by atoms with Crippen LogP contribution in [0.4, 0.5) is 0 Å². The summed E-state index contributed by atoms with van der Waals surface area (Å²) in [5.74, 6) is -0.918. The van der Waals surface area contributed by atoms with Gasteiger partial charge in [-0.1, -0.05) is 30.0 Å². The molecule has 0 aliphatic heterocycles. The second kappa shape index (κ2) is 4.62. The first-order valence-corrected chi connectivity index (χ1v) is 4.28. The zero-order valence-electron chi connectivity index (χ0n) is 6.31. The lowest BCUT2D eigenvalue weighted by atomic mass is 10.4. The molecule has 12 heavy (non-hydrogen) atoms. The number of hydrogen-bond acceptors (Lipinski definition) is 2. The van der Waals surface area contributed by atoms with Gasteiger partial charge < -0.3 is 5.11 Å². The van der Waals surface area contributed by atoms with Gasteiger partial charge >= 0.3 is 5.97 Å². The molecule has 0 spiro atoms. The van der Waals surface area contributed by atoms with Crippen LogP contribution in [0.2, 0.25) is 0 Å². The molecule has 0 heterocycles. The second-order valence-electron chi connectivity index (χ2n) is 2.07. The van der Waals surface area contributed by atoms with Gasteiger partial charge in [0.05, 0.1) is 0 Å². The Kier molecular flexibility index (Phi) is 3.41. The van der Waals surface area contributed by atoms with E-state index in [0.717, 1.165) is 11.0 Å². The Labute approximate surface area is 74.9 Å². The highest BCUT2D eigenvalue weighted by molar-refractivity contribution is 8.02. The van der Waals surface area contributed by atoms with E-state index in [9.17, 15) is 4.79 Å². The van der Waals surface area contributed by atoms with Gasteiger partial charge in [0.2, 0.25) is 0 Å². The fourth-order valence-corrected chi connectivity index (χ4v) is 1.33. The first kappa shape index (κ1) is 8.87. The van der Waals surface area contributed by atoms with Gasteiger partial charge in [0.15, 0.2) is 0 Å². The molecule has 0 atom stereocenters. The fraction of sp³-hybridized carbons (Fsp3) is 0. The Balaban J connectivity index is 2.49. The van der Waals surface area contributed by atoms with Gasteiger partial charge in [-0.3, -0.25) is 0 Å². The Morgan fingerprint density at radius 3 is 2.58 bits per heavy atom. The number of hydrogen-bond donors (Lipinski definition) is 1. The van der Waals surface area contributed by atoms with Crippen LogP contribution in [0.15, 0.2) is 46.7 Å². The van der Waals surface area contributed by atoms with Crippen LogP contribution in [0.5, 0.6) is 0 Å². The Morgan fingerprint density at radius 2 is 2.00 bits per heavy atom. The summed E-state index contributed by atoms with van der Waals surface area (Å²) >= 11 is 1.39. The maximum Gasteiger partial charge on any atom is 0.328 e. The molecule has 1 aromatic carbocycles. The summed E-state index contributed by atoms with van der Waals surface area (Å²) in [6, 6.07) is 9.60. The Morgan fingerprint density at radius 1 is 1.33 bits per heavy atom. The van der Waals surface area contributed by atoms with Crippen LogP contribution in [-0.2, 0) is 4.79 Å². The van der Waals surface area contributed by atoms with Gasteiger partial charge in [0.1, 0.15) is 0 Å². The van der Waals surface area contributed by atoms with Crippen molar-refractivity contribution in [2.75, 3.05) is 0 Å². The number of carboxylic acids is 1. The summed E-state index contributed by atoms with van der Waals surface area (Å²) in [7, 11) is 0. The van der Waals surface area contributed by atoms with E-state index in [1.54, 1.807) is 5.41 Å². The molecule has 1 rings (SSSR count). The topological polar surface area (TPSA) is 37.3 Å². The third-order valence-electron chi connectivity index (χ3n) is 1.16. The number of carboxylic acid groups (broad SMARTS) is 1. The van der Waals surface area contributed by atoms with Crippen LogP contribution in [0.1, 0.15) is 0 Å². The number of aliphatic carboxylic acids is 1. The number of benzene rings is 1. The molecular weight excluding hydrogens is 172 g/mol. The van der Waals surface area contributed by atoms with Crippen LogP contribution >= 0.6 is 11.8 Å². The highest BCUT2D eigenvalue weighted by atomic mass is 32.2. The zero-order valence-corrected chi connectivity index (χ0v) is 7.12. The molecule has 0 fully saturated rings. The van der Waals surface area contributed by atoms with E-state index in [1.807, 2.05) is 30.3 Å². The van der Waals surface area contributed by atoms with E-state index in [2.05, 4.69) is 0 Å². The number of thioether (sulfide) groups is 1. The van der Waals surface area contributed by atoms with Crippen molar-refractivity contribution < 1.29 is 9.90 Å². The largest absolute Gasteiger partial charge is 0.478 e. The van der Waals surface area contributed by atoms with E-state index in [1.165, 1.54) is 11.8 Å². The highest BCUT2D eigenvalue weighted by Crippen LogP contribution is 2.17. The van der Waals surface area contributed by atoms with Gasteiger partial charge in [-0.25, -0.2) is 4.79 Å². The van der Waals surface area contributed by atoms with E-state index in [-0.39, 0.29) is 0 Å². The average Bonchev–Trinajstić information content (AvgIpc) is 2.05. The van der Waals surface area contributed by atoms with Crippen LogP contribution < -0.4 is 0 Å². The van der Waals surface area contributed by atoms with E-state index < -0.39 is 5.97 Å². The van der Waals surface area contributed by atoms with Crippen molar-refractivity contribution in [3.8, 4) is 0 Å². The summed E-state index contributed by atoms with van der Waals surface area (Å²) in [5, 5.41) is 9.84. The lowest BCUT2D eigenvalue weighted by Crippen LogP contribution is -1.84. The Hall–Kier alpha value is -1.22. The van der Waals surface area contributed by atoms with Gasteiger partial charge in [-0.15, -0.1) is 0 Å². The molecule has 0 aliphatic rings. The third kappa shape index (κ3) is 3.25. The molecule has 0 saturated carbocycles. The monoisotopic (exact) mass is 180 g/mol. The summed E-state index contributed by atoms with van der Waals surface area (Å²) in [6.07, 6.45) is 1.12. The summed E-state index contributed by atoms with van der Waals surface area (Å²) < 4.78 is 0. The quantitative estimate of drug-likeness (QED) is 0.573. The highest BCUT2D eigenvalue weighted by Gasteiger charge is 1.88. The van der Waals surface area contributed by atoms with Gasteiger partial charge in [-0.2, -0.15) is 0 Å². The molecule has 2 nitrogen and oxygen atoms in total. The zero-order chi connectivity index (χ0) is 8.81. The Bertz CT molecular complexity index is 280. The van der Waals surface area contributed by atoms with Crippen molar-refractivity contribution in [2.24, 2.45) is 0 Å². The van der Waals surface area contributed by atoms with Crippen LogP contribution in [0.3, 0.4) is 0 Å². The second-order valence-corrected chi connectivity index (χ2v) is 3.05. The van der Waals surface area contributed by atoms with Crippen molar-refractivity contribution in [1.82, 2.24) is 0 Å². The average molecular weight is 180 g/mol. The van der Waals surface area contributed by atoms with Gasteiger partial charge in [0.25, 0.3) is 0 Å². The van der Waals surface area contributed by atoms with Gasteiger partial charge in [-0.05, 0) is 17.5 Å². The molecule has 0 aliphatic carbocycles. The number of carbonyl (C=O) groups is 1. The maximum absolute atomic E-state index is 10.1. The molecule has 0 radical (unpaired) electrons. The molecule has 3 heteroatoms. The molecule has 0 saturated heterocycles. The van der Waals surface area contributed by atoms with Crippen LogP contribution in [0.25, 0.3) is 0 Å². The normalized spacial score (nSPS) is 10.3. The molecule has 0 unspecified atom stereocenters. The van der Waals surface area contributed by atoms with Crippen LogP contribution in [-0.4, -0.2) is 11.1 Å². The molecule has 62 valence electrons. The number of rotatable bonds is 3. The van der Waals surface area contributed by atoms with E-state index >= 15 is 0 Å². The molecule has 0 bridgehead atoms. The summed E-state index contributed by atoms with van der Waals surface area (Å²) in [4.78, 5) is 11.1. The smallest absolute Gasteiger partial charge is 0.328 e. The lowest BCUT2D eigenvalue weighted by Gasteiger charge is -1.91. The first-order chi connectivity index (χ1) is 5.79. The third-order valence-corrected chi connectivity index (χ3v) is 1.97. The van der Waals surface area contributed by atoms with Crippen molar-refractivity contribution in [2.45, 2.75) is 4.90 Å². The first-order valence-electron chi connectivity index (χ1n) is 3.40. The minimum Gasteiger partial charge on any atom is -0.478 e. The van der Waals surface area contributed by atoms with Gasteiger partial charge in [0, 0.05) is 11.0 Å². The molecule has 0 aromatic heterocycles. The van der Waals surface area contributed by atoms with Crippen molar-refractivity contribution in [3.63, 3.8) is 0 Å². The van der Waals surface area contributed by atoms with Crippen molar-refractivity contribution in [3.05, 3.63) is 41.8 Å². The van der Waals surface area contributed by atoms with E-state index in [0.29, 0.717) is 0 Å². The SMILES string of the molecule is O=C(O)/C=C/Sc1ccccc1. The summed E-state index contributed by atoms with van der Waals surface area (Å²) in [6.45, 7) is 0. The molecule has 0 amide bonds. The maximum atomic E-state index is 10.1. The van der Waals surface area contributed by atoms with Crippen molar-refractivity contribution >= 4 is 17.7 Å². The minimum absolute atomic E-state index is 0.918. The van der Waals surface area contributed by atoms with E-state index in [4.69, 9.17) is 5.11 Å². The molecular formula is C9H8O2S. The van der Waals surface area contributed by atoms with Crippen molar-refractivity contribution in [1.29, 1.82) is 0 Å². The lowest BCUT2D eigenvalue weighted by molar-refractivity contribution is -0.131.